The van der Waals surface area contributed by atoms with Gasteiger partial charge in [-0.25, -0.2) is 4.98 Å². The predicted octanol–water partition coefficient (Wildman–Crippen LogP) is 4.66. The van der Waals surface area contributed by atoms with E-state index in [1.54, 1.807) is 12.5 Å². The van der Waals surface area contributed by atoms with Crippen LogP contribution in [0.3, 0.4) is 0 Å². The number of rotatable bonds is 6. The van der Waals surface area contributed by atoms with Gasteiger partial charge in [-0.1, -0.05) is 71.9 Å². The van der Waals surface area contributed by atoms with Crippen LogP contribution in [0.2, 0.25) is 0 Å². The smallest absolute Gasteiger partial charge is 0.142 e. The molecule has 0 fully saturated rings. The Morgan fingerprint density at radius 1 is 0.923 bits per heavy atom. The Labute approximate surface area is 152 Å². The first-order chi connectivity index (χ1) is 12.9. The summed E-state index contributed by atoms with van der Waals surface area (Å²) in [6, 6.07) is 24.7. The molecule has 4 heteroatoms. The molecule has 0 saturated carbocycles. The molecule has 0 aliphatic carbocycles. The highest BCUT2D eigenvalue weighted by Crippen LogP contribution is 2.17. The maximum atomic E-state index is 5.65. The van der Waals surface area contributed by atoms with Crippen molar-refractivity contribution in [2.24, 2.45) is 5.16 Å². The molecule has 0 unspecified atom stereocenters. The number of benzene rings is 3. The Balaban J connectivity index is 1.61. The molecule has 1 aromatic heterocycles. The minimum atomic E-state index is 0.446. The summed E-state index contributed by atoms with van der Waals surface area (Å²) in [4.78, 5) is 9.77. The van der Waals surface area contributed by atoms with Crippen LogP contribution in [0.4, 0.5) is 0 Å². The van der Waals surface area contributed by atoms with Crippen molar-refractivity contribution in [1.82, 2.24) is 9.55 Å². The zero-order chi connectivity index (χ0) is 17.6. The molecule has 4 rings (SSSR count). The van der Waals surface area contributed by atoms with Crippen LogP contribution >= 0.6 is 0 Å². The van der Waals surface area contributed by atoms with Crippen molar-refractivity contribution in [2.75, 3.05) is 0 Å². The second-order valence-electron chi connectivity index (χ2n) is 6.09. The Morgan fingerprint density at radius 3 is 2.54 bits per heavy atom. The Bertz CT molecular complexity index is 1010. The van der Waals surface area contributed by atoms with Crippen molar-refractivity contribution in [3.63, 3.8) is 0 Å². The third-order valence-corrected chi connectivity index (χ3v) is 4.22. The number of nitrogens with zero attached hydrogens (tertiary/aromatic N) is 3. The molecule has 0 spiro atoms. The van der Waals surface area contributed by atoms with Crippen molar-refractivity contribution in [2.45, 2.75) is 13.2 Å². The van der Waals surface area contributed by atoms with E-state index in [1.807, 2.05) is 53.2 Å². The third-order valence-electron chi connectivity index (χ3n) is 4.22. The van der Waals surface area contributed by atoms with Crippen LogP contribution < -0.4 is 0 Å². The summed E-state index contributed by atoms with van der Waals surface area (Å²) in [5.74, 6) is 0. The van der Waals surface area contributed by atoms with Gasteiger partial charge in [0.2, 0.25) is 0 Å². The van der Waals surface area contributed by atoms with E-state index in [-0.39, 0.29) is 0 Å². The molecule has 0 saturated heterocycles. The zero-order valence-corrected chi connectivity index (χ0v) is 14.3. The molecule has 0 aliphatic heterocycles. The number of fused-ring (bicyclic) bond motifs is 1. The lowest BCUT2D eigenvalue weighted by molar-refractivity contribution is 0.130. The largest absolute Gasteiger partial charge is 0.391 e. The first-order valence-electron chi connectivity index (χ1n) is 8.56. The molecule has 0 amide bonds. The fourth-order valence-corrected chi connectivity index (χ4v) is 2.85. The average Bonchev–Trinajstić information content (AvgIpc) is 3.21. The van der Waals surface area contributed by atoms with Gasteiger partial charge >= 0.3 is 0 Å². The van der Waals surface area contributed by atoms with Gasteiger partial charge in [0, 0.05) is 18.0 Å². The topological polar surface area (TPSA) is 39.4 Å². The fourth-order valence-electron chi connectivity index (χ4n) is 2.85. The SMILES string of the molecule is c1ccc(CO/N=C(\Cn2ccnc2)c2ccc3ccccc3c2)cc1. The van der Waals surface area contributed by atoms with Crippen LogP contribution in [0.5, 0.6) is 0 Å². The fraction of sp³-hybridized carbons (Fsp3) is 0.0909. The van der Waals surface area contributed by atoms with E-state index in [1.165, 1.54) is 10.8 Å². The monoisotopic (exact) mass is 341 g/mol. The van der Waals surface area contributed by atoms with Gasteiger partial charge in [-0.3, -0.25) is 0 Å². The van der Waals surface area contributed by atoms with Crippen molar-refractivity contribution >= 4 is 16.5 Å². The Hall–Kier alpha value is -3.40. The summed E-state index contributed by atoms with van der Waals surface area (Å²) in [6.07, 6.45) is 5.48. The standard InChI is InChI=1S/C22H19N3O/c1-2-6-18(7-3-1)16-26-24-22(15-25-13-12-23-17-25)21-11-10-19-8-4-5-9-20(19)14-21/h1-14,17H,15-16H2/b24-22+. The highest BCUT2D eigenvalue weighted by molar-refractivity contribution is 6.03. The Morgan fingerprint density at radius 2 is 1.73 bits per heavy atom. The van der Waals surface area contributed by atoms with Gasteiger partial charge in [0.1, 0.15) is 12.3 Å². The van der Waals surface area contributed by atoms with Gasteiger partial charge in [-0.15, -0.1) is 0 Å². The molecule has 0 N–H and O–H groups in total. The minimum Gasteiger partial charge on any atom is -0.391 e. The number of imidazole rings is 1. The van der Waals surface area contributed by atoms with Crippen LogP contribution in [-0.4, -0.2) is 15.3 Å². The number of hydrogen-bond donors (Lipinski definition) is 0. The maximum Gasteiger partial charge on any atom is 0.142 e. The zero-order valence-electron chi connectivity index (χ0n) is 14.3. The number of aromatic nitrogens is 2. The lowest BCUT2D eigenvalue weighted by atomic mass is 10.0. The van der Waals surface area contributed by atoms with E-state index >= 15 is 0 Å². The Kier molecular flexibility index (Phi) is 4.74. The van der Waals surface area contributed by atoms with E-state index in [0.29, 0.717) is 13.2 Å². The van der Waals surface area contributed by atoms with Crippen molar-refractivity contribution in [3.05, 3.63) is 103 Å². The summed E-state index contributed by atoms with van der Waals surface area (Å²) in [7, 11) is 0. The van der Waals surface area contributed by atoms with E-state index in [2.05, 4.69) is 40.5 Å². The van der Waals surface area contributed by atoms with Gasteiger partial charge in [-0.05, 0) is 22.4 Å². The van der Waals surface area contributed by atoms with Crippen LogP contribution in [0.15, 0.2) is 96.7 Å². The van der Waals surface area contributed by atoms with Crippen molar-refractivity contribution in [1.29, 1.82) is 0 Å². The molecule has 3 aromatic carbocycles. The van der Waals surface area contributed by atoms with Crippen LogP contribution in [0.25, 0.3) is 10.8 Å². The van der Waals surface area contributed by atoms with E-state index in [4.69, 9.17) is 4.84 Å². The molecule has 0 bridgehead atoms. The van der Waals surface area contributed by atoms with Gasteiger partial charge in [0.15, 0.2) is 0 Å². The molecule has 1 heterocycles. The predicted molar refractivity (Wildman–Crippen MR) is 104 cm³/mol. The molecule has 0 atom stereocenters. The summed E-state index contributed by atoms with van der Waals surface area (Å²) in [5, 5.41) is 6.84. The number of hydrogen-bond acceptors (Lipinski definition) is 3. The molecule has 0 aliphatic rings. The highest BCUT2D eigenvalue weighted by atomic mass is 16.6. The first-order valence-corrected chi connectivity index (χ1v) is 8.56. The molecule has 4 nitrogen and oxygen atoms in total. The first kappa shape index (κ1) is 16.1. The third kappa shape index (κ3) is 3.81. The molecular formula is C22H19N3O. The number of oxime groups is 1. The lowest BCUT2D eigenvalue weighted by Crippen LogP contribution is -2.11. The van der Waals surface area contributed by atoms with Gasteiger partial charge in [0.05, 0.1) is 12.9 Å². The van der Waals surface area contributed by atoms with Crippen molar-refractivity contribution in [3.8, 4) is 0 Å². The minimum absolute atomic E-state index is 0.446. The maximum absolute atomic E-state index is 5.65. The summed E-state index contributed by atoms with van der Waals surface area (Å²) < 4.78 is 1.99. The highest BCUT2D eigenvalue weighted by Gasteiger charge is 2.07. The van der Waals surface area contributed by atoms with E-state index < -0.39 is 0 Å². The van der Waals surface area contributed by atoms with E-state index in [9.17, 15) is 0 Å². The molecular weight excluding hydrogens is 322 g/mol. The summed E-state index contributed by atoms with van der Waals surface area (Å²) in [5.41, 5.74) is 3.01. The average molecular weight is 341 g/mol. The van der Waals surface area contributed by atoms with Crippen molar-refractivity contribution < 1.29 is 4.84 Å². The molecule has 128 valence electrons. The van der Waals surface area contributed by atoms with Gasteiger partial charge in [-0.2, -0.15) is 0 Å². The summed E-state index contributed by atoms with van der Waals surface area (Å²) in [6.45, 7) is 1.05. The van der Waals surface area contributed by atoms with E-state index in [0.717, 1.165) is 16.8 Å². The second kappa shape index (κ2) is 7.66. The molecule has 4 aromatic rings. The van der Waals surface area contributed by atoms with Crippen LogP contribution in [-0.2, 0) is 18.0 Å². The second-order valence-corrected chi connectivity index (χ2v) is 6.09. The van der Waals surface area contributed by atoms with Gasteiger partial charge < -0.3 is 9.40 Å². The van der Waals surface area contributed by atoms with Crippen LogP contribution in [0.1, 0.15) is 11.1 Å². The van der Waals surface area contributed by atoms with Gasteiger partial charge in [0.25, 0.3) is 0 Å². The normalized spacial score (nSPS) is 11.6. The molecule has 26 heavy (non-hydrogen) atoms. The summed E-state index contributed by atoms with van der Waals surface area (Å²) >= 11 is 0. The quantitative estimate of drug-likeness (QED) is 0.378. The lowest BCUT2D eigenvalue weighted by Gasteiger charge is -2.09. The van der Waals surface area contributed by atoms with Crippen LogP contribution in [0, 0.1) is 0 Å². The molecule has 0 radical (unpaired) electrons.